The van der Waals surface area contributed by atoms with Crippen LogP contribution in [0.3, 0.4) is 0 Å². The van der Waals surface area contributed by atoms with Crippen molar-refractivity contribution in [1.29, 1.82) is 0 Å². The molecule has 0 fully saturated rings. The Morgan fingerprint density at radius 3 is 2.79 bits per heavy atom. The highest BCUT2D eigenvalue weighted by Crippen LogP contribution is 2.15. The lowest BCUT2D eigenvalue weighted by Crippen LogP contribution is -2.11. The molecule has 3 heteroatoms. The van der Waals surface area contributed by atoms with E-state index in [1.165, 1.54) is 0 Å². The molecule has 0 saturated carbocycles. The van der Waals surface area contributed by atoms with E-state index < -0.39 is 12.2 Å². The first-order valence-corrected chi connectivity index (χ1v) is 4.39. The van der Waals surface area contributed by atoms with Crippen molar-refractivity contribution in [2.75, 3.05) is 0 Å². The number of rotatable bonds is 3. The zero-order valence-corrected chi connectivity index (χ0v) is 8.01. The van der Waals surface area contributed by atoms with E-state index in [1.807, 2.05) is 19.1 Å². The van der Waals surface area contributed by atoms with Crippen LogP contribution in [0, 0.1) is 19.3 Å². The number of aliphatic hydroxyl groups is 2. The predicted molar refractivity (Wildman–Crippen MR) is 53.4 cm³/mol. The summed E-state index contributed by atoms with van der Waals surface area (Å²) in [5.41, 5.74) is 1.37. The fourth-order valence-electron chi connectivity index (χ4n) is 1.15. The Labute approximate surface area is 83.4 Å². The quantitative estimate of drug-likeness (QED) is 0.695. The molecule has 0 spiro atoms. The van der Waals surface area contributed by atoms with Gasteiger partial charge in [-0.3, -0.25) is 4.98 Å². The van der Waals surface area contributed by atoms with Crippen LogP contribution in [0.5, 0.6) is 0 Å². The summed E-state index contributed by atoms with van der Waals surface area (Å²) >= 11 is 0. The Bertz CT molecular complexity index is 343. The third-order valence-corrected chi connectivity index (χ3v) is 1.89. The summed E-state index contributed by atoms with van der Waals surface area (Å²) in [5.74, 6) is 2.15. The molecule has 1 aromatic heterocycles. The first kappa shape index (κ1) is 10.7. The fourth-order valence-corrected chi connectivity index (χ4v) is 1.15. The summed E-state index contributed by atoms with van der Waals surface area (Å²) < 4.78 is 0. The van der Waals surface area contributed by atoms with Gasteiger partial charge >= 0.3 is 0 Å². The van der Waals surface area contributed by atoms with E-state index in [2.05, 4.69) is 10.9 Å². The Hall–Kier alpha value is -1.37. The van der Waals surface area contributed by atoms with E-state index in [9.17, 15) is 5.11 Å². The molecule has 0 aromatic carbocycles. The molecule has 0 aliphatic rings. The average Bonchev–Trinajstić information content (AvgIpc) is 2.17. The minimum atomic E-state index is -0.924. The molecule has 14 heavy (non-hydrogen) atoms. The van der Waals surface area contributed by atoms with Gasteiger partial charge in [-0.05, 0) is 19.1 Å². The van der Waals surface area contributed by atoms with Gasteiger partial charge in [0.25, 0.3) is 0 Å². The zero-order valence-electron chi connectivity index (χ0n) is 8.01. The molecule has 2 atom stereocenters. The molecule has 1 rings (SSSR count). The number of nitrogens with zero attached hydrogens (tertiary/aromatic N) is 1. The van der Waals surface area contributed by atoms with Crippen LogP contribution in [0.15, 0.2) is 18.2 Å². The fraction of sp³-hybridized carbons (Fsp3) is 0.364. The molecular weight excluding hydrogens is 178 g/mol. The number of hydrogen-bond donors (Lipinski definition) is 2. The topological polar surface area (TPSA) is 53.4 Å². The van der Waals surface area contributed by atoms with E-state index in [4.69, 9.17) is 11.5 Å². The number of aryl methyl sites for hydroxylation is 1. The van der Waals surface area contributed by atoms with E-state index in [-0.39, 0.29) is 6.42 Å². The van der Waals surface area contributed by atoms with Crippen molar-refractivity contribution in [2.24, 2.45) is 0 Å². The van der Waals surface area contributed by atoms with Gasteiger partial charge in [0.2, 0.25) is 0 Å². The number of hydrogen-bond acceptors (Lipinski definition) is 3. The van der Waals surface area contributed by atoms with Crippen LogP contribution in [0.4, 0.5) is 0 Å². The third kappa shape index (κ3) is 2.84. The first-order valence-electron chi connectivity index (χ1n) is 4.39. The number of aliphatic hydroxyl groups excluding tert-OH is 2. The summed E-state index contributed by atoms with van der Waals surface area (Å²) in [5, 5.41) is 18.8. The van der Waals surface area contributed by atoms with Crippen LogP contribution in [0.2, 0.25) is 0 Å². The van der Waals surface area contributed by atoms with E-state index in [0.717, 1.165) is 5.69 Å². The van der Waals surface area contributed by atoms with Gasteiger partial charge in [0.15, 0.2) is 0 Å². The van der Waals surface area contributed by atoms with Crippen molar-refractivity contribution in [3.8, 4) is 12.3 Å². The Kier molecular flexibility index (Phi) is 3.63. The second-order valence-electron chi connectivity index (χ2n) is 3.14. The maximum Gasteiger partial charge on any atom is 0.117 e. The second kappa shape index (κ2) is 4.75. The molecule has 0 aliphatic carbocycles. The minimum absolute atomic E-state index is 0.118. The van der Waals surface area contributed by atoms with Gasteiger partial charge < -0.3 is 10.2 Å². The monoisotopic (exact) mass is 191 g/mol. The lowest BCUT2D eigenvalue weighted by molar-refractivity contribution is 0.105. The predicted octanol–water partition coefficient (Wildman–Crippen LogP) is 0.808. The summed E-state index contributed by atoms with van der Waals surface area (Å²) in [6.07, 6.45) is 3.39. The van der Waals surface area contributed by atoms with Crippen LogP contribution >= 0.6 is 0 Å². The molecule has 2 N–H and O–H groups in total. The normalized spacial score (nSPS) is 14.4. The Morgan fingerprint density at radius 2 is 2.21 bits per heavy atom. The highest BCUT2D eigenvalue weighted by atomic mass is 16.3. The van der Waals surface area contributed by atoms with Crippen LogP contribution < -0.4 is 0 Å². The summed E-state index contributed by atoms with van der Waals surface area (Å²) in [7, 11) is 0. The van der Waals surface area contributed by atoms with Crippen molar-refractivity contribution < 1.29 is 10.2 Å². The van der Waals surface area contributed by atoms with E-state index in [1.54, 1.807) is 6.07 Å². The smallest absolute Gasteiger partial charge is 0.117 e. The first-order chi connectivity index (χ1) is 6.63. The van der Waals surface area contributed by atoms with Gasteiger partial charge in [-0.2, -0.15) is 0 Å². The van der Waals surface area contributed by atoms with Crippen LogP contribution in [0.25, 0.3) is 0 Å². The van der Waals surface area contributed by atoms with Crippen molar-refractivity contribution >= 4 is 0 Å². The second-order valence-corrected chi connectivity index (χ2v) is 3.14. The zero-order chi connectivity index (χ0) is 10.6. The van der Waals surface area contributed by atoms with Gasteiger partial charge in [0.05, 0.1) is 11.8 Å². The molecule has 0 radical (unpaired) electrons. The van der Waals surface area contributed by atoms with Crippen molar-refractivity contribution in [1.82, 2.24) is 4.98 Å². The maximum absolute atomic E-state index is 9.63. The molecule has 74 valence electrons. The number of pyridine rings is 1. The van der Waals surface area contributed by atoms with Gasteiger partial charge in [-0.1, -0.05) is 12.0 Å². The standard InChI is InChI=1S/C11H13NO2/c1-3-9(13)7-11(14)10-6-4-5-8(2)12-10/h1,4-6,9,11,13-14H,7H2,2H3. The number of terminal acetylenes is 1. The van der Waals surface area contributed by atoms with Gasteiger partial charge in [-0.15, -0.1) is 6.42 Å². The molecule has 1 heterocycles. The molecule has 0 amide bonds. The largest absolute Gasteiger partial charge is 0.387 e. The third-order valence-electron chi connectivity index (χ3n) is 1.89. The van der Waals surface area contributed by atoms with Gasteiger partial charge in [-0.25, -0.2) is 0 Å². The molecule has 0 aliphatic heterocycles. The maximum atomic E-state index is 9.63. The van der Waals surface area contributed by atoms with Gasteiger partial charge in [0.1, 0.15) is 6.10 Å². The SMILES string of the molecule is C#CC(O)CC(O)c1cccc(C)n1. The molecule has 0 saturated heterocycles. The molecular formula is C11H13NO2. The van der Waals surface area contributed by atoms with Crippen LogP contribution in [-0.2, 0) is 0 Å². The Morgan fingerprint density at radius 1 is 1.50 bits per heavy atom. The molecule has 2 unspecified atom stereocenters. The summed E-state index contributed by atoms with van der Waals surface area (Å²) in [6, 6.07) is 5.36. The molecule has 1 aromatic rings. The lowest BCUT2D eigenvalue weighted by Gasteiger charge is -2.11. The van der Waals surface area contributed by atoms with Crippen molar-refractivity contribution in [3.05, 3.63) is 29.6 Å². The summed E-state index contributed by atoms with van der Waals surface area (Å²) in [4.78, 5) is 4.13. The summed E-state index contributed by atoms with van der Waals surface area (Å²) in [6.45, 7) is 1.84. The number of aromatic nitrogens is 1. The molecule has 0 bridgehead atoms. The lowest BCUT2D eigenvalue weighted by atomic mass is 10.1. The van der Waals surface area contributed by atoms with Gasteiger partial charge in [0, 0.05) is 12.1 Å². The highest BCUT2D eigenvalue weighted by Gasteiger charge is 2.12. The van der Waals surface area contributed by atoms with E-state index in [0.29, 0.717) is 5.69 Å². The highest BCUT2D eigenvalue weighted by molar-refractivity contribution is 5.12. The van der Waals surface area contributed by atoms with Crippen molar-refractivity contribution in [2.45, 2.75) is 25.6 Å². The van der Waals surface area contributed by atoms with E-state index >= 15 is 0 Å². The average molecular weight is 191 g/mol. The van der Waals surface area contributed by atoms with Crippen molar-refractivity contribution in [3.63, 3.8) is 0 Å². The van der Waals surface area contributed by atoms with Crippen LogP contribution in [-0.4, -0.2) is 21.3 Å². The Balaban J connectivity index is 2.70. The molecule has 3 nitrogen and oxygen atoms in total. The van der Waals surface area contributed by atoms with Crippen LogP contribution in [0.1, 0.15) is 23.9 Å². The minimum Gasteiger partial charge on any atom is -0.387 e.